The molecule has 0 spiro atoms. The summed E-state index contributed by atoms with van der Waals surface area (Å²) in [5.74, 6) is 1.12. The van der Waals surface area contributed by atoms with Gasteiger partial charge in [-0.15, -0.1) is 24.0 Å². The molecule has 1 aliphatic rings. The molecule has 1 fully saturated rings. The first kappa shape index (κ1) is 24.9. The van der Waals surface area contributed by atoms with Crippen molar-refractivity contribution in [1.82, 2.24) is 16.0 Å². The van der Waals surface area contributed by atoms with Crippen molar-refractivity contribution in [2.24, 2.45) is 4.99 Å². The number of guanidine groups is 1. The smallest absolute Gasteiger partial charge is 0.258 e. The second kappa shape index (κ2) is 13.1. The molecule has 2 aromatic rings. The summed E-state index contributed by atoms with van der Waals surface area (Å²) in [5, 5.41) is 9.41. The minimum atomic E-state index is -0.215. The van der Waals surface area contributed by atoms with Crippen LogP contribution >= 0.6 is 24.0 Å². The van der Waals surface area contributed by atoms with Crippen LogP contribution in [0.2, 0.25) is 0 Å². The van der Waals surface area contributed by atoms with Crippen LogP contribution < -0.4 is 20.7 Å². The normalized spacial score (nSPS) is 13.2. The second-order valence-electron chi connectivity index (χ2n) is 7.33. The summed E-state index contributed by atoms with van der Waals surface area (Å²) in [6.45, 7) is 1.45. The predicted octanol–water partition coefficient (Wildman–Crippen LogP) is 3.05. The number of carbonyl (C=O) groups is 1. The fourth-order valence-electron chi connectivity index (χ4n) is 2.96. The van der Waals surface area contributed by atoms with Gasteiger partial charge in [0.05, 0.1) is 0 Å². The molecule has 31 heavy (non-hydrogen) atoms. The van der Waals surface area contributed by atoms with Crippen LogP contribution in [0.1, 0.15) is 24.0 Å². The van der Waals surface area contributed by atoms with Crippen LogP contribution in [0.5, 0.6) is 5.75 Å². The number of hydrogen-bond donors (Lipinski definition) is 3. The minimum absolute atomic E-state index is 0. The maximum Gasteiger partial charge on any atom is 0.258 e. The van der Waals surface area contributed by atoms with Crippen LogP contribution in [0.3, 0.4) is 0 Å². The topological polar surface area (TPSA) is 74.8 Å². The summed E-state index contributed by atoms with van der Waals surface area (Å²) in [5.41, 5.74) is 2.11. The first-order valence-electron chi connectivity index (χ1n) is 10.3. The highest BCUT2D eigenvalue weighted by Gasteiger charge is 2.23. The Morgan fingerprint density at radius 1 is 1.06 bits per heavy atom. The molecule has 6 nitrogen and oxygen atoms in total. The molecule has 3 rings (SSSR count). The number of nitrogens with zero attached hydrogens (tertiary/aromatic N) is 1. The average Bonchev–Trinajstić information content (AvgIpc) is 3.56. The molecule has 0 aromatic heterocycles. The van der Waals surface area contributed by atoms with Gasteiger partial charge in [0.2, 0.25) is 0 Å². The molecular weight excluding hydrogens is 510 g/mol. The van der Waals surface area contributed by atoms with Crippen molar-refractivity contribution in [3.05, 3.63) is 65.5 Å². The predicted molar refractivity (Wildman–Crippen MR) is 132 cm³/mol. The van der Waals surface area contributed by atoms with Crippen molar-refractivity contribution in [1.29, 1.82) is 0 Å². The van der Waals surface area contributed by atoms with Crippen molar-refractivity contribution < 1.29 is 13.9 Å². The van der Waals surface area contributed by atoms with E-state index in [0.717, 1.165) is 43.4 Å². The molecule has 2 aromatic carbocycles. The summed E-state index contributed by atoms with van der Waals surface area (Å²) in [4.78, 5) is 15.9. The molecule has 0 aliphatic heterocycles. The van der Waals surface area contributed by atoms with Gasteiger partial charge in [-0.1, -0.05) is 24.3 Å². The Kier molecular flexibility index (Phi) is 10.6. The summed E-state index contributed by atoms with van der Waals surface area (Å²) in [7, 11) is 1.73. The largest absolute Gasteiger partial charge is 0.484 e. The fraction of sp³-hybridized carbons (Fsp3) is 0.391. The highest BCUT2D eigenvalue weighted by molar-refractivity contribution is 14.0. The summed E-state index contributed by atoms with van der Waals surface area (Å²) < 4.78 is 18.7. The van der Waals surface area contributed by atoms with Crippen molar-refractivity contribution in [3.63, 3.8) is 0 Å². The van der Waals surface area contributed by atoms with Gasteiger partial charge in [0.1, 0.15) is 11.6 Å². The molecule has 0 saturated heterocycles. The number of carbonyl (C=O) groups excluding carboxylic acids is 1. The van der Waals surface area contributed by atoms with Crippen LogP contribution in [0.4, 0.5) is 4.39 Å². The standard InChI is InChI=1S/C23H29FN4O2.HI/c1-25-23(27-14-12-18-3-2-4-19(24)15-18)26-13-11-17-5-9-21(10-6-17)30-16-22(29)28-20-7-8-20;/h2-6,9-10,15,20H,7-8,11-14,16H2,1H3,(H,28,29)(H2,25,26,27);1H. The number of amides is 1. The molecule has 0 radical (unpaired) electrons. The van der Waals surface area contributed by atoms with E-state index in [1.165, 1.54) is 6.07 Å². The summed E-state index contributed by atoms with van der Waals surface area (Å²) in [6, 6.07) is 14.7. The number of benzene rings is 2. The molecule has 0 heterocycles. The molecular formula is C23H30FIN4O2. The Labute approximate surface area is 200 Å². The van der Waals surface area contributed by atoms with Gasteiger partial charge in [0.15, 0.2) is 12.6 Å². The molecule has 0 bridgehead atoms. The maximum atomic E-state index is 13.2. The van der Waals surface area contributed by atoms with E-state index in [1.807, 2.05) is 30.3 Å². The van der Waals surface area contributed by atoms with Crippen molar-refractivity contribution in [3.8, 4) is 5.75 Å². The van der Waals surface area contributed by atoms with Gasteiger partial charge in [0.25, 0.3) is 5.91 Å². The molecule has 3 N–H and O–H groups in total. The number of halogens is 2. The summed E-state index contributed by atoms with van der Waals surface area (Å²) in [6.07, 6.45) is 3.69. The van der Waals surface area contributed by atoms with Gasteiger partial charge in [-0.05, 0) is 61.1 Å². The van der Waals surface area contributed by atoms with E-state index in [-0.39, 0.29) is 42.3 Å². The third-order valence-electron chi connectivity index (χ3n) is 4.76. The van der Waals surface area contributed by atoms with E-state index < -0.39 is 0 Å². The minimum Gasteiger partial charge on any atom is -0.484 e. The number of ether oxygens (including phenoxy) is 1. The monoisotopic (exact) mass is 540 g/mol. The van der Waals surface area contributed by atoms with E-state index in [2.05, 4.69) is 20.9 Å². The Balaban J connectivity index is 0.00000341. The fourth-order valence-corrected chi connectivity index (χ4v) is 2.96. The van der Waals surface area contributed by atoms with Crippen molar-refractivity contribution in [2.75, 3.05) is 26.7 Å². The highest BCUT2D eigenvalue weighted by Crippen LogP contribution is 2.18. The van der Waals surface area contributed by atoms with Gasteiger partial charge < -0.3 is 20.7 Å². The van der Waals surface area contributed by atoms with Crippen LogP contribution in [-0.4, -0.2) is 44.7 Å². The number of nitrogens with one attached hydrogen (secondary N) is 3. The Morgan fingerprint density at radius 3 is 2.35 bits per heavy atom. The van der Waals surface area contributed by atoms with E-state index in [4.69, 9.17) is 4.74 Å². The van der Waals surface area contributed by atoms with Gasteiger partial charge in [-0.3, -0.25) is 9.79 Å². The Morgan fingerprint density at radius 2 is 1.74 bits per heavy atom. The first-order valence-corrected chi connectivity index (χ1v) is 10.3. The van der Waals surface area contributed by atoms with Crippen LogP contribution in [-0.2, 0) is 17.6 Å². The lowest BCUT2D eigenvalue weighted by molar-refractivity contribution is -0.123. The van der Waals surface area contributed by atoms with Crippen molar-refractivity contribution >= 4 is 35.8 Å². The zero-order valence-corrected chi connectivity index (χ0v) is 20.0. The SMILES string of the molecule is CN=C(NCCc1ccc(OCC(=O)NC2CC2)cc1)NCCc1cccc(F)c1.I. The number of aliphatic imine (C=N–C) groups is 1. The van der Waals surface area contributed by atoms with Crippen LogP contribution in [0.25, 0.3) is 0 Å². The van der Waals surface area contributed by atoms with Gasteiger partial charge in [-0.25, -0.2) is 4.39 Å². The van der Waals surface area contributed by atoms with Gasteiger partial charge in [-0.2, -0.15) is 0 Å². The molecule has 168 valence electrons. The zero-order valence-electron chi connectivity index (χ0n) is 17.7. The Bertz CT molecular complexity index is 857. The molecule has 1 saturated carbocycles. The zero-order chi connectivity index (χ0) is 21.2. The molecule has 0 unspecified atom stereocenters. The van der Waals surface area contributed by atoms with E-state index >= 15 is 0 Å². The third kappa shape index (κ3) is 9.54. The highest BCUT2D eigenvalue weighted by atomic mass is 127. The lowest BCUT2D eigenvalue weighted by Gasteiger charge is -2.12. The lowest BCUT2D eigenvalue weighted by atomic mass is 10.1. The third-order valence-corrected chi connectivity index (χ3v) is 4.76. The average molecular weight is 540 g/mol. The first-order chi connectivity index (χ1) is 14.6. The maximum absolute atomic E-state index is 13.2. The van der Waals surface area contributed by atoms with E-state index in [1.54, 1.807) is 19.2 Å². The Hall–Kier alpha value is -2.36. The molecule has 0 atom stereocenters. The summed E-state index contributed by atoms with van der Waals surface area (Å²) >= 11 is 0. The van der Waals surface area contributed by atoms with Crippen LogP contribution in [0.15, 0.2) is 53.5 Å². The van der Waals surface area contributed by atoms with Gasteiger partial charge >= 0.3 is 0 Å². The molecule has 8 heteroatoms. The quantitative estimate of drug-likeness (QED) is 0.246. The van der Waals surface area contributed by atoms with Crippen LogP contribution in [0, 0.1) is 5.82 Å². The number of rotatable bonds is 10. The van der Waals surface area contributed by atoms with Crippen molar-refractivity contribution in [2.45, 2.75) is 31.7 Å². The molecule has 1 amide bonds. The second-order valence-corrected chi connectivity index (χ2v) is 7.33. The lowest BCUT2D eigenvalue weighted by Crippen LogP contribution is -2.39. The number of hydrogen-bond acceptors (Lipinski definition) is 3. The van der Waals surface area contributed by atoms with E-state index in [0.29, 0.717) is 24.3 Å². The molecule has 1 aliphatic carbocycles. The van der Waals surface area contributed by atoms with E-state index in [9.17, 15) is 9.18 Å². The van der Waals surface area contributed by atoms with Gasteiger partial charge in [0, 0.05) is 26.2 Å².